The van der Waals surface area contributed by atoms with Crippen molar-refractivity contribution in [2.75, 3.05) is 24.2 Å². The lowest BCUT2D eigenvalue weighted by Gasteiger charge is -2.32. The highest BCUT2D eigenvalue weighted by Gasteiger charge is 2.31. The normalized spacial score (nSPS) is 12.1. The molecule has 0 saturated carbocycles. The Bertz CT molecular complexity index is 1450. The van der Waals surface area contributed by atoms with Crippen LogP contribution in [0.1, 0.15) is 37.8 Å². The van der Waals surface area contributed by atoms with Crippen LogP contribution in [0.2, 0.25) is 5.02 Å². The second-order valence-electron chi connectivity index (χ2n) is 10.3. The van der Waals surface area contributed by atoms with E-state index in [4.69, 9.17) is 16.3 Å². The van der Waals surface area contributed by atoms with E-state index in [0.29, 0.717) is 17.9 Å². The standard InChI is InChI=1S/C31H37BrClN3O5S/c1-22(2)34-31(38)28(19-23-9-6-5-7-10-23)35(21-24-12-14-25(32)15-13-24)30(37)11-8-18-36(42(4,39)40)26-16-17-29(41-3)27(33)20-26/h5-7,9-10,12-17,20,22,28H,8,11,18-19,21H2,1-4H3,(H,34,38)/t28-/m1/s1. The van der Waals surface area contributed by atoms with Gasteiger partial charge in [-0.1, -0.05) is 70.0 Å². The number of benzene rings is 3. The number of hydrogen-bond donors (Lipinski definition) is 1. The van der Waals surface area contributed by atoms with Gasteiger partial charge in [0.2, 0.25) is 21.8 Å². The van der Waals surface area contributed by atoms with Gasteiger partial charge in [-0.3, -0.25) is 13.9 Å². The summed E-state index contributed by atoms with van der Waals surface area (Å²) in [6.45, 7) is 4.03. The fourth-order valence-corrected chi connectivity index (χ4v) is 6.01. The van der Waals surface area contributed by atoms with Gasteiger partial charge >= 0.3 is 0 Å². The van der Waals surface area contributed by atoms with Gasteiger partial charge < -0.3 is 15.0 Å². The number of methoxy groups -OCH3 is 1. The SMILES string of the molecule is COc1ccc(N(CCCC(=O)N(Cc2ccc(Br)cc2)[C@H](Cc2ccccc2)C(=O)NC(C)C)S(C)(=O)=O)cc1Cl. The first-order valence-electron chi connectivity index (χ1n) is 13.6. The zero-order valence-corrected chi connectivity index (χ0v) is 27.4. The summed E-state index contributed by atoms with van der Waals surface area (Å²) in [5.41, 5.74) is 2.17. The maximum Gasteiger partial charge on any atom is 0.243 e. The van der Waals surface area contributed by atoms with E-state index >= 15 is 0 Å². The Morgan fingerprint density at radius 2 is 1.67 bits per heavy atom. The summed E-state index contributed by atoms with van der Waals surface area (Å²) in [6, 6.07) is 21.0. The second-order valence-corrected chi connectivity index (χ2v) is 13.5. The molecule has 0 heterocycles. The third kappa shape index (κ3) is 9.74. The number of amides is 2. The van der Waals surface area contributed by atoms with Gasteiger partial charge in [0, 0.05) is 36.4 Å². The van der Waals surface area contributed by atoms with Crippen LogP contribution < -0.4 is 14.4 Å². The first kappa shape index (κ1) is 33.4. The second kappa shape index (κ2) is 15.4. The number of ether oxygens (including phenoxy) is 1. The molecule has 0 aliphatic heterocycles. The highest BCUT2D eigenvalue weighted by Crippen LogP contribution is 2.30. The number of sulfonamides is 1. The van der Waals surface area contributed by atoms with Crippen LogP contribution in [0.5, 0.6) is 5.75 Å². The molecule has 0 radical (unpaired) electrons. The molecule has 0 fully saturated rings. The first-order valence-corrected chi connectivity index (χ1v) is 16.6. The van der Waals surface area contributed by atoms with E-state index in [-0.39, 0.29) is 48.8 Å². The van der Waals surface area contributed by atoms with Crippen molar-refractivity contribution in [2.45, 2.75) is 51.7 Å². The van der Waals surface area contributed by atoms with E-state index in [1.54, 1.807) is 17.0 Å². The van der Waals surface area contributed by atoms with Crippen LogP contribution in [0.25, 0.3) is 0 Å². The van der Waals surface area contributed by atoms with Crippen molar-refractivity contribution in [3.8, 4) is 5.75 Å². The summed E-state index contributed by atoms with van der Waals surface area (Å²) < 4.78 is 32.7. The van der Waals surface area contributed by atoms with Crippen LogP contribution in [-0.2, 0) is 32.6 Å². The molecule has 1 N–H and O–H groups in total. The maximum atomic E-state index is 13.9. The number of hydrogen-bond acceptors (Lipinski definition) is 5. The third-order valence-corrected chi connectivity index (χ3v) is 8.56. The van der Waals surface area contributed by atoms with Crippen molar-refractivity contribution in [3.63, 3.8) is 0 Å². The molecule has 0 spiro atoms. The molecule has 0 aliphatic rings. The number of nitrogens with zero attached hydrogens (tertiary/aromatic N) is 2. The van der Waals surface area contributed by atoms with Crippen LogP contribution in [0.15, 0.2) is 77.3 Å². The predicted octanol–water partition coefficient (Wildman–Crippen LogP) is 5.82. The van der Waals surface area contributed by atoms with E-state index in [1.807, 2.05) is 68.4 Å². The topological polar surface area (TPSA) is 96.0 Å². The lowest BCUT2D eigenvalue weighted by atomic mass is 10.0. The lowest BCUT2D eigenvalue weighted by molar-refractivity contribution is -0.141. The van der Waals surface area contributed by atoms with Gasteiger partial charge in [-0.25, -0.2) is 8.42 Å². The molecular weight excluding hydrogens is 642 g/mol. The maximum absolute atomic E-state index is 13.9. The van der Waals surface area contributed by atoms with Crippen LogP contribution in [0.4, 0.5) is 5.69 Å². The molecule has 42 heavy (non-hydrogen) atoms. The van der Waals surface area contributed by atoms with Gasteiger partial charge in [0.05, 0.1) is 24.1 Å². The van der Waals surface area contributed by atoms with Crippen LogP contribution in [-0.4, -0.2) is 57.1 Å². The van der Waals surface area contributed by atoms with Crippen LogP contribution in [0, 0.1) is 0 Å². The molecule has 0 saturated heterocycles. The van der Waals surface area contributed by atoms with E-state index < -0.39 is 16.1 Å². The number of halogens is 2. The average molecular weight is 679 g/mol. The minimum atomic E-state index is -3.67. The number of nitrogens with one attached hydrogen (secondary N) is 1. The Morgan fingerprint density at radius 1 is 1.00 bits per heavy atom. The Morgan fingerprint density at radius 3 is 2.24 bits per heavy atom. The third-order valence-electron chi connectivity index (χ3n) is 6.54. The monoisotopic (exact) mass is 677 g/mol. The van der Waals surface area contributed by atoms with Gasteiger partial charge in [-0.15, -0.1) is 0 Å². The van der Waals surface area contributed by atoms with Crippen LogP contribution >= 0.6 is 27.5 Å². The van der Waals surface area contributed by atoms with Crippen molar-refractivity contribution in [3.05, 3.63) is 93.4 Å². The summed E-state index contributed by atoms with van der Waals surface area (Å²) in [6.07, 6.45) is 1.71. The van der Waals surface area contributed by atoms with Crippen molar-refractivity contribution < 1.29 is 22.7 Å². The quantitative estimate of drug-likeness (QED) is 0.232. The molecule has 3 aromatic carbocycles. The fraction of sp³-hybridized carbons (Fsp3) is 0.355. The van der Waals surface area contributed by atoms with Gasteiger partial charge in [0.25, 0.3) is 0 Å². The minimum absolute atomic E-state index is 0.0344. The summed E-state index contributed by atoms with van der Waals surface area (Å²) in [5.74, 6) is -0.0688. The smallest absolute Gasteiger partial charge is 0.243 e. The molecule has 226 valence electrons. The molecule has 3 aromatic rings. The largest absolute Gasteiger partial charge is 0.495 e. The Kier molecular flexibility index (Phi) is 12.3. The van der Waals surface area contributed by atoms with E-state index in [2.05, 4.69) is 21.2 Å². The average Bonchev–Trinajstić information content (AvgIpc) is 2.93. The van der Waals surface area contributed by atoms with Crippen molar-refractivity contribution in [2.24, 2.45) is 0 Å². The van der Waals surface area contributed by atoms with Gasteiger partial charge in [0.1, 0.15) is 11.8 Å². The molecule has 8 nitrogen and oxygen atoms in total. The van der Waals surface area contributed by atoms with Crippen molar-refractivity contribution in [1.82, 2.24) is 10.2 Å². The highest BCUT2D eigenvalue weighted by atomic mass is 79.9. The van der Waals surface area contributed by atoms with E-state index in [1.165, 1.54) is 17.5 Å². The molecule has 0 aromatic heterocycles. The number of rotatable bonds is 14. The molecular formula is C31H37BrClN3O5S. The summed E-state index contributed by atoms with van der Waals surface area (Å²) in [4.78, 5) is 29.0. The van der Waals surface area contributed by atoms with Crippen molar-refractivity contribution in [1.29, 1.82) is 0 Å². The molecule has 0 bridgehead atoms. The Hall–Kier alpha value is -3.08. The van der Waals surface area contributed by atoms with Gasteiger partial charge in [-0.05, 0) is 61.7 Å². The Balaban J connectivity index is 1.88. The molecule has 11 heteroatoms. The summed E-state index contributed by atoms with van der Waals surface area (Å²) in [7, 11) is -2.19. The summed E-state index contributed by atoms with van der Waals surface area (Å²) >= 11 is 9.70. The zero-order chi connectivity index (χ0) is 30.9. The molecule has 1 atom stereocenters. The first-order chi connectivity index (χ1) is 19.9. The van der Waals surface area contributed by atoms with E-state index in [9.17, 15) is 18.0 Å². The number of carbonyl (C=O) groups is 2. The molecule has 0 aliphatic carbocycles. The minimum Gasteiger partial charge on any atom is -0.495 e. The highest BCUT2D eigenvalue weighted by molar-refractivity contribution is 9.10. The summed E-state index contributed by atoms with van der Waals surface area (Å²) in [5, 5.41) is 3.25. The van der Waals surface area contributed by atoms with Crippen LogP contribution in [0.3, 0.4) is 0 Å². The van der Waals surface area contributed by atoms with Crippen molar-refractivity contribution >= 4 is 55.1 Å². The predicted molar refractivity (Wildman–Crippen MR) is 171 cm³/mol. The van der Waals surface area contributed by atoms with Gasteiger partial charge in [-0.2, -0.15) is 0 Å². The molecule has 3 rings (SSSR count). The van der Waals surface area contributed by atoms with E-state index in [0.717, 1.165) is 21.9 Å². The zero-order valence-electron chi connectivity index (χ0n) is 24.2. The number of anilines is 1. The molecule has 0 unspecified atom stereocenters. The number of carbonyl (C=O) groups excluding carboxylic acids is 2. The lowest BCUT2D eigenvalue weighted by Crippen LogP contribution is -2.51. The molecule has 2 amide bonds. The fourth-order valence-electron chi connectivity index (χ4n) is 4.54. The van der Waals surface area contributed by atoms with Gasteiger partial charge in [0.15, 0.2) is 0 Å². The Labute approximate surface area is 262 Å².